The molecular formula is C20H25N7O4S2. The molecule has 2 amide bonds. The van der Waals surface area contributed by atoms with Gasteiger partial charge in [-0.25, -0.2) is 9.31 Å². The summed E-state index contributed by atoms with van der Waals surface area (Å²) in [6, 6.07) is 1.68. The molecule has 0 aliphatic heterocycles. The second kappa shape index (κ2) is 8.06. The molecule has 3 aromatic heterocycles. The molecule has 3 heterocycles. The summed E-state index contributed by atoms with van der Waals surface area (Å²) in [6.45, 7) is 5.88. The summed E-state index contributed by atoms with van der Waals surface area (Å²) < 4.78 is 13.7. The van der Waals surface area contributed by atoms with Crippen molar-refractivity contribution in [2.75, 3.05) is 11.6 Å². The van der Waals surface area contributed by atoms with E-state index in [2.05, 4.69) is 25.9 Å². The molecule has 3 atom stereocenters. The summed E-state index contributed by atoms with van der Waals surface area (Å²) in [5, 5.41) is 28.4. The monoisotopic (exact) mass is 491 g/mol. The van der Waals surface area contributed by atoms with Crippen LogP contribution in [0.1, 0.15) is 44.0 Å². The first-order chi connectivity index (χ1) is 15.4. The van der Waals surface area contributed by atoms with Gasteiger partial charge in [-0.3, -0.25) is 9.00 Å². The van der Waals surface area contributed by atoms with E-state index in [1.54, 1.807) is 17.0 Å². The van der Waals surface area contributed by atoms with Crippen molar-refractivity contribution in [3.63, 3.8) is 0 Å². The Morgan fingerprint density at radius 3 is 2.67 bits per heavy atom. The third-order valence-corrected chi connectivity index (χ3v) is 9.02. The molecule has 1 saturated carbocycles. The quantitative estimate of drug-likeness (QED) is 0.408. The third-order valence-electron chi connectivity index (χ3n) is 6.73. The molecule has 11 nitrogen and oxygen atoms in total. The number of hydrogen-bond donors (Lipinski definition) is 4. The van der Waals surface area contributed by atoms with Crippen molar-refractivity contribution in [3.05, 3.63) is 24.0 Å². The van der Waals surface area contributed by atoms with Crippen LogP contribution in [0.5, 0.6) is 0 Å². The summed E-state index contributed by atoms with van der Waals surface area (Å²) in [6.07, 6.45) is 4.95. The van der Waals surface area contributed by atoms with E-state index in [-0.39, 0.29) is 11.6 Å². The maximum Gasteiger partial charge on any atom is 0.405 e. The summed E-state index contributed by atoms with van der Waals surface area (Å²) >= 11 is 1.22. The van der Waals surface area contributed by atoms with E-state index in [0.717, 1.165) is 0 Å². The van der Waals surface area contributed by atoms with Gasteiger partial charge >= 0.3 is 6.09 Å². The first-order valence-corrected chi connectivity index (χ1v) is 12.6. The Hall–Kier alpha value is -3.06. The molecule has 1 unspecified atom stereocenters. The highest BCUT2D eigenvalue weighted by Gasteiger charge is 2.52. The van der Waals surface area contributed by atoms with Crippen molar-refractivity contribution < 1.29 is 18.9 Å². The lowest BCUT2D eigenvalue weighted by atomic mass is 9.74. The number of rotatable bonds is 6. The number of aromatic nitrogens is 4. The normalized spacial score (nSPS) is 22.8. The fourth-order valence-corrected chi connectivity index (χ4v) is 5.76. The van der Waals surface area contributed by atoms with Gasteiger partial charge in [0.05, 0.1) is 33.8 Å². The number of carbonyl (C=O) groups is 2. The summed E-state index contributed by atoms with van der Waals surface area (Å²) in [7, 11) is -1.24. The lowest BCUT2D eigenvalue weighted by Gasteiger charge is -2.42. The van der Waals surface area contributed by atoms with Gasteiger partial charge in [-0.1, -0.05) is 25.2 Å². The molecular weight excluding hydrogens is 466 g/mol. The smallest absolute Gasteiger partial charge is 0.405 e. The maximum atomic E-state index is 12.2. The van der Waals surface area contributed by atoms with Crippen molar-refractivity contribution in [1.82, 2.24) is 25.1 Å². The minimum atomic E-state index is -1.24. The first-order valence-electron chi connectivity index (χ1n) is 10.2. The molecule has 1 aliphatic carbocycles. The van der Waals surface area contributed by atoms with E-state index >= 15 is 0 Å². The number of fused-ring (bicyclic) bond motifs is 1. The number of nitrogens with one attached hydrogen (secondary N) is 2. The number of amides is 2. The van der Waals surface area contributed by atoms with Gasteiger partial charge in [-0.15, -0.1) is 10.2 Å². The fourth-order valence-electron chi connectivity index (χ4n) is 4.34. The topological polar surface area (TPSA) is 165 Å². The van der Waals surface area contributed by atoms with E-state index in [4.69, 9.17) is 5.73 Å². The maximum absolute atomic E-state index is 12.2. The van der Waals surface area contributed by atoms with E-state index in [1.165, 1.54) is 17.5 Å². The number of hydrogen-bond acceptors (Lipinski definition) is 8. The molecule has 176 valence electrons. The Kier molecular flexibility index (Phi) is 5.65. The molecule has 0 radical (unpaired) electrons. The van der Waals surface area contributed by atoms with Crippen LogP contribution >= 0.6 is 11.3 Å². The van der Waals surface area contributed by atoms with Gasteiger partial charge in [0.15, 0.2) is 0 Å². The highest BCUT2D eigenvalue weighted by Crippen LogP contribution is 2.47. The van der Waals surface area contributed by atoms with Gasteiger partial charge in [-0.05, 0) is 25.8 Å². The van der Waals surface area contributed by atoms with Crippen molar-refractivity contribution >= 4 is 45.3 Å². The Balaban J connectivity index is 1.76. The number of nitrogens with two attached hydrogens (primary N) is 1. The molecule has 5 N–H and O–H groups in total. The zero-order chi connectivity index (χ0) is 24.1. The largest absolute Gasteiger partial charge is 0.465 e. The zero-order valence-electron chi connectivity index (χ0n) is 18.6. The van der Waals surface area contributed by atoms with Gasteiger partial charge in [0.1, 0.15) is 5.01 Å². The fraction of sp³-hybridized carbons (Fsp3) is 0.450. The van der Waals surface area contributed by atoms with E-state index in [9.17, 15) is 18.9 Å². The lowest BCUT2D eigenvalue weighted by molar-refractivity contribution is 0.100. The average Bonchev–Trinajstić information content (AvgIpc) is 3.40. The summed E-state index contributed by atoms with van der Waals surface area (Å²) in [5.41, 5.74) is 6.60. The Morgan fingerprint density at radius 1 is 1.33 bits per heavy atom. The van der Waals surface area contributed by atoms with Gasteiger partial charge in [0.2, 0.25) is 4.34 Å². The minimum absolute atomic E-state index is 0.146. The Bertz CT molecular complexity index is 1280. The summed E-state index contributed by atoms with van der Waals surface area (Å²) in [4.78, 5) is 23.6. The SMILES string of the molecule is CS(=O)c1nnc(-c2cc3c(N[C@@H]4CC[C@](C)(NC(=O)O)C4(C)C)c(C(N)=O)cnn3c2)s1. The van der Waals surface area contributed by atoms with Crippen LogP contribution in [-0.4, -0.2) is 59.0 Å². The number of carbonyl (C=O) groups excluding carboxylic acids is 1. The molecule has 0 saturated heterocycles. The molecule has 0 spiro atoms. The highest BCUT2D eigenvalue weighted by atomic mass is 32.2. The van der Waals surface area contributed by atoms with Crippen LogP contribution in [0.4, 0.5) is 10.5 Å². The number of nitrogens with zero attached hydrogens (tertiary/aromatic N) is 4. The van der Waals surface area contributed by atoms with Crippen LogP contribution in [0.25, 0.3) is 16.1 Å². The molecule has 33 heavy (non-hydrogen) atoms. The van der Waals surface area contributed by atoms with Crippen molar-refractivity contribution in [2.24, 2.45) is 11.1 Å². The molecule has 3 aromatic rings. The standard InChI is InChI=1S/C20H25N7O4S2/c1-19(2)13(5-6-20(19,3)24-17(29)30)23-14-11(15(21)28)8-22-27-9-10(7-12(14)27)16-25-26-18(32-16)33(4)31/h7-9,13,23-24H,5-6H2,1-4H3,(H2,21,28)(H,29,30)/t13-,20+,33?/m1/s1. The van der Waals surface area contributed by atoms with Crippen LogP contribution in [0.15, 0.2) is 22.8 Å². The third kappa shape index (κ3) is 3.95. The van der Waals surface area contributed by atoms with Crippen LogP contribution in [-0.2, 0) is 10.8 Å². The number of carboxylic acid groups (broad SMARTS) is 1. The second-order valence-corrected chi connectivity index (χ2v) is 11.4. The van der Waals surface area contributed by atoms with Crippen LogP contribution in [0, 0.1) is 5.41 Å². The first kappa shape index (κ1) is 23.1. The minimum Gasteiger partial charge on any atom is -0.465 e. The Labute approximate surface area is 196 Å². The highest BCUT2D eigenvalue weighted by molar-refractivity contribution is 7.86. The van der Waals surface area contributed by atoms with Gasteiger partial charge in [-0.2, -0.15) is 5.10 Å². The van der Waals surface area contributed by atoms with E-state index < -0.39 is 33.8 Å². The average molecular weight is 492 g/mol. The molecule has 0 aromatic carbocycles. The summed E-state index contributed by atoms with van der Waals surface area (Å²) in [5.74, 6) is -0.628. The van der Waals surface area contributed by atoms with Crippen molar-refractivity contribution in [2.45, 2.75) is 49.5 Å². The van der Waals surface area contributed by atoms with Gasteiger partial charge < -0.3 is 21.5 Å². The molecule has 1 fully saturated rings. The predicted molar refractivity (Wildman–Crippen MR) is 125 cm³/mol. The van der Waals surface area contributed by atoms with E-state index in [0.29, 0.717) is 39.0 Å². The van der Waals surface area contributed by atoms with Gasteiger partial charge in [0.25, 0.3) is 5.91 Å². The van der Waals surface area contributed by atoms with Crippen molar-refractivity contribution in [1.29, 1.82) is 0 Å². The number of anilines is 1. The molecule has 1 aliphatic rings. The molecule has 4 rings (SSSR count). The van der Waals surface area contributed by atoms with Crippen LogP contribution in [0.2, 0.25) is 0 Å². The second-order valence-electron chi connectivity index (χ2n) is 8.90. The molecule has 0 bridgehead atoms. The van der Waals surface area contributed by atoms with E-state index in [1.807, 2.05) is 26.8 Å². The van der Waals surface area contributed by atoms with Crippen molar-refractivity contribution in [3.8, 4) is 10.6 Å². The van der Waals surface area contributed by atoms with Crippen LogP contribution in [0.3, 0.4) is 0 Å². The predicted octanol–water partition coefficient (Wildman–Crippen LogP) is 2.32. The number of primary amides is 1. The zero-order valence-corrected chi connectivity index (χ0v) is 20.2. The Morgan fingerprint density at radius 2 is 2.06 bits per heavy atom. The lowest BCUT2D eigenvalue weighted by Crippen LogP contribution is -2.56. The van der Waals surface area contributed by atoms with Gasteiger partial charge in [0, 0.05) is 35.0 Å². The van der Waals surface area contributed by atoms with Crippen LogP contribution < -0.4 is 16.4 Å². The molecule has 13 heteroatoms.